The molecule has 0 radical (unpaired) electrons. The van der Waals surface area contributed by atoms with Gasteiger partial charge in [0.25, 0.3) is 0 Å². The van der Waals surface area contributed by atoms with Crippen LogP contribution in [0.3, 0.4) is 0 Å². The molecule has 0 amide bonds. The lowest BCUT2D eigenvalue weighted by Crippen LogP contribution is -2.63. The summed E-state index contributed by atoms with van der Waals surface area (Å²) in [4.78, 5) is 0. The van der Waals surface area contributed by atoms with Crippen molar-refractivity contribution in [2.75, 3.05) is 0 Å². The molecule has 5 aliphatic rings. The molecule has 5 rings (SSSR count). The van der Waals surface area contributed by atoms with Crippen molar-refractivity contribution < 1.29 is 0 Å². The molecule has 2 bridgehead atoms. The molecular weight excluding hydrogens is 156 g/mol. The van der Waals surface area contributed by atoms with E-state index in [1.165, 1.54) is 0 Å². The lowest BCUT2D eigenvalue weighted by atomic mass is 9.34. The first-order valence-corrected chi connectivity index (χ1v) is 5.92. The van der Waals surface area contributed by atoms with Crippen molar-refractivity contribution >= 4 is 0 Å². The second kappa shape index (κ2) is 1.76. The Morgan fingerprint density at radius 3 is 2.85 bits per heavy atom. The number of allylic oxidation sites excluding steroid dienone is 2. The third-order valence-electron chi connectivity index (χ3n) is 6.21. The lowest BCUT2D eigenvalue weighted by Gasteiger charge is -2.70. The highest BCUT2D eigenvalue weighted by Crippen LogP contribution is 2.80. The fourth-order valence-corrected chi connectivity index (χ4v) is 5.45. The van der Waals surface area contributed by atoms with Crippen LogP contribution in [0.5, 0.6) is 0 Å². The first-order chi connectivity index (χ1) is 6.25. The maximum atomic E-state index is 2.42. The van der Waals surface area contributed by atoms with Crippen molar-refractivity contribution in [3.8, 4) is 0 Å². The molecule has 3 saturated carbocycles. The Balaban J connectivity index is 1.91. The first kappa shape index (κ1) is 7.09. The van der Waals surface area contributed by atoms with Gasteiger partial charge in [0.15, 0.2) is 0 Å². The Hall–Kier alpha value is -0.260. The van der Waals surface area contributed by atoms with Crippen LogP contribution in [0.15, 0.2) is 11.1 Å². The molecule has 0 aromatic carbocycles. The molecule has 0 heterocycles. The van der Waals surface area contributed by atoms with Gasteiger partial charge in [0, 0.05) is 0 Å². The Kier molecular flexibility index (Phi) is 0.959. The molecule has 0 saturated heterocycles. The third-order valence-corrected chi connectivity index (χ3v) is 6.21. The predicted octanol–water partition coefficient (Wildman–Crippen LogP) is 3.39. The highest BCUT2D eigenvalue weighted by molar-refractivity contribution is 5.38. The van der Waals surface area contributed by atoms with Gasteiger partial charge >= 0.3 is 0 Å². The predicted molar refractivity (Wildman–Crippen MR) is 53.2 cm³/mol. The quantitative estimate of drug-likeness (QED) is 0.494. The standard InChI is InChI=1S/C13H18/c1-7-8(2)12-5-9-3-4-11-10(7)6-13(9,11)12/h9-12H,3-6H2,1-2H3. The highest BCUT2D eigenvalue weighted by atomic mass is 14.8. The maximum Gasteiger partial charge on any atom is -0.0138 e. The zero-order valence-electron chi connectivity index (χ0n) is 8.64. The van der Waals surface area contributed by atoms with E-state index in [1.54, 1.807) is 36.8 Å². The molecule has 0 aromatic rings. The molecule has 0 aromatic heterocycles. The summed E-state index contributed by atoms with van der Waals surface area (Å²) in [6.07, 6.45) is 6.26. The Bertz CT molecular complexity index is 321. The summed E-state index contributed by atoms with van der Waals surface area (Å²) in [5.74, 6) is 4.36. The van der Waals surface area contributed by atoms with E-state index in [-0.39, 0.29) is 0 Å². The largest absolute Gasteiger partial charge is 0.0707 e. The van der Waals surface area contributed by atoms with E-state index in [2.05, 4.69) is 13.8 Å². The second-order valence-electron chi connectivity index (χ2n) is 5.96. The summed E-state index contributed by atoms with van der Waals surface area (Å²) in [6.45, 7) is 4.83. The van der Waals surface area contributed by atoms with Crippen LogP contribution in [-0.2, 0) is 0 Å². The third kappa shape index (κ3) is 0.489. The molecule has 1 spiro atoms. The highest BCUT2D eigenvalue weighted by Gasteiger charge is 2.72. The molecule has 13 heavy (non-hydrogen) atoms. The molecule has 0 nitrogen and oxygen atoms in total. The van der Waals surface area contributed by atoms with Gasteiger partial charge in [-0.25, -0.2) is 0 Å². The lowest BCUT2D eigenvalue weighted by molar-refractivity contribution is -0.159. The van der Waals surface area contributed by atoms with Crippen LogP contribution < -0.4 is 0 Å². The van der Waals surface area contributed by atoms with Gasteiger partial charge in [0.05, 0.1) is 0 Å². The van der Waals surface area contributed by atoms with Gasteiger partial charge < -0.3 is 0 Å². The second-order valence-corrected chi connectivity index (χ2v) is 5.96. The fraction of sp³-hybridized carbons (Fsp3) is 0.846. The summed E-state index contributed by atoms with van der Waals surface area (Å²) in [5, 5.41) is 0. The summed E-state index contributed by atoms with van der Waals surface area (Å²) in [5.41, 5.74) is 4.47. The van der Waals surface area contributed by atoms with Crippen molar-refractivity contribution in [2.45, 2.75) is 39.5 Å². The van der Waals surface area contributed by atoms with Crippen molar-refractivity contribution in [1.29, 1.82) is 0 Å². The van der Waals surface area contributed by atoms with Gasteiger partial charge in [-0.15, -0.1) is 0 Å². The van der Waals surface area contributed by atoms with Gasteiger partial charge in [-0.05, 0) is 68.6 Å². The smallest absolute Gasteiger partial charge is 0.0138 e. The molecule has 0 heteroatoms. The van der Waals surface area contributed by atoms with E-state index >= 15 is 0 Å². The Morgan fingerprint density at radius 1 is 1.15 bits per heavy atom. The van der Waals surface area contributed by atoms with Crippen LogP contribution >= 0.6 is 0 Å². The topological polar surface area (TPSA) is 0 Å². The number of hydrogen-bond acceptors (Lipinski definition) is 0. The summed E-state index contributed by atoms with van der Waals surface area (Å²) in [7, 11) is 0. The van der Waals surface area contributed by atoms with Gasteiger partial charge in [-0.1, -0.05) is 11.1 Å². The van der Waals surface area contributed by atoms with Crippen molar-refractivity contribution in [2.24, 2.45) is 29.1 Å². The zero-order chi connectivity index (χ0) is 8.79. The summed E-state index contributed by atoms with van der Waals surface area (Å²) >= 11 is 0. The van der Waals surface area contributed by atoms with Gasteiger partial charge in [0.1, 0.15) is 0 Å². The average Bonchev–Trinajstić information content (AvgIpc) is 2.24. The maximum absolute atomic E-state index is 2.42. The Morgan fingerprint density at radius 2 is 2.00 bits per heavy atom. The van der Waals surface area contributed by atoms with Crippen LogP contribution in [0.1, 0.15) is 39.5 Å². The minimum absolute atomic E-state index is 0.883. The van der Waals surface area contributed by atoms with E-state index in [0.717, 1.165) is 29.1 Å². The summed E-state index contributed by atoms with van der Waals surface area (Å²) < 4.78 is 0. The summed E-state index contributed by atoms with van der Waals surface area (Å²) in [6, 6.07) is 0. The SMILES string of the molecule is CC1=C(C)C2CC3CCC4C1CC324. The molecule has 5 aliphatic carbocycles. The monoisotopic (exact) mass is 174 g/mol. The van der Waals surface area contributed by atoms with Crippen LogP contribution in [0.4, 0.5) is 0 Å². The Labute approximate surface area is 80.4 Å². The van der Waals surface area contributed by atoms with E-state index in [9.17, 15) is 0 Å². The molecule has 0 N–H and O–H groups in total. The van der Waals surface area contributed by atoms with Gasteiger partial charge in [-0.2, -0.15) is 0 Å². The van der Waals surface area contributed by atoms with Gasteiger partial charge in [0.2, 0.25) is 0 Å². The van der Waals surface area contributed by atoms with Crippen LogP contribution in [0.25, 0.3) is 0 Å². The number of hydrogen-bond donors (Lipinski definition) is 0. The first-order valence-electron chi connectivity index (χ1n) is 5.92. The zero-order valence-corrected chi connectivity index (χ0v) is 8.64. The van der Waals surface area contributed by atoms with Crippen molar-refractivity contribution in [3.63, 3.8) is 0 Å². The normalized spacial score (nSPS) is 61.4. The molecular formula is C13H18. The van der Waals surface area contributed by atoms with E-state index in [4.69, 9.17) is 0 Å². The molecule has 5 atom stereocenters. The van der Waals surface area contributed by atoms with Gasteiger partial charge in [-0.3, -0.25) is 0 Å². The molecule has 5 unspecified atom stereocenters. The molecule has 70 valence electrons. The average molecular weight is 174 g/mol. The van der Waals surface area contributed by atoms with Crippen molar-refractivity contribution in [1.82, 2.24) is 0 Å². The van der Waals surface area contributed by atoms with Crippen LogP contribution in [0.2, 0.25) is 0 Å². The minimum atomic E-state index is 0.883. The van der Waals surface area contributed by atoms with Crippen LogP contribution in [-0.4, -0.2) is 0 Å². The minimum Gasteiger partial charge on any atom is -0.0707 e. The number of rotatable bonds is 0. The fourth-order valence-electron chi connectivity index (χ4n) is 5.45. The van der Waals surface area contributed by atoms with E-state index in [0.29, 0.717) is 0 Å². The van der Waals surface area contributed by atoms with Crippen LogP contribution in [0, 0.1) is 29.1 Å². The van der Waals surface area contributed by atoms with E-state index in [1.807, 2.05) is 0 Å². The molecule has 0 aliphatic heterocycles. The van der Waals surface area contributed by atoms with E-state index < -0.39 is 0 Å². The molecule has 3 fully saturated rings. The van der Waals surface area contributed by atoms with Crippen molar-refractivity contribution in [3.05, 3.63) is 11.1 Å².